The third-order valence-corrected chi connectivity index (χ3v) is 6.81. The van der Waals surface area contributed by atoms with Gasteiger partial charge in [0.05, 0.1) is 34.0 Å². The van der Waals surface area contributed by atoms with Gasteiger partial charge >= 0.3 is 5.97 Å². The van der Waals surface area contributed by atoms with Crippen LogP contribution in [0.3, 0.4) is 0 Å². The monoisotopic (exact) mass is 556 g/mol. The third kappa shape index (κ3) is 5.62. The molecule has 0 radical (unpaired) electrons. The Bertz CT molecular complexity index is 1330. The summed E-state index contributed by atoms with van der Waals surface area (Å²) in [6.45, 7) is -0.478. The summed E-state index contributed by atoms with van der Waals surface area (Å²) >= 11 is 0.780. The van der Waals surface area contributed by atoms with Gasteiger partial charge in [0.25, 0.3) is 0 Å². The average Bonchev–Trinajstić information content (AvgIpc) is 2.84. The molecule has 9 nitrogen and oxygen atoms in total. The third-order valence-electron chi connectivity index (χ3n) is 5.45. The summed E-state index contributed by atoms with van der Waals surface area (Å²) in [4.78, 5) is 15.2. The predicted octanol–water partition coefficient (Wildman–Crippen LogP) is 4.65. The second-order valence-corrected chi connectivity index (χ2v) is 9.36. The number of carboxylic acids is 1. The Kier molecular flexibility index (Phi) is 7.65. The Morgan fingerprint density at radius 3 is 2.83 bits per heavy atom. The van der Waals surface area contributed by atoms with Crippen molar-refractivity contribution in [2.75, 3.05) is 10.9 Å². The molecule has 1 aliphatic carbocycles. The van der Waals surface area contributed by atoms with Crippen molar-refractivity contribution in [3.8, 4) is 23.4 Å². The van der Waals surface area contributed by atoms with Gasteiger partial charge in [0.15, 0.2) is 6.61 Å². The van der Waals surface area contributed by atoms with E-state index in [1.807, 2.05) is 12.1 Å². The molecule has 0 amide bonds. The van der Waals surface area contributed by atoms with E-state index in [1.165, 1.54) is 10.5 Å². The van der Waals surface area contributed by atoms with Gasteiger partial charge in [0, 0.05) is 11.3 Å². The zero-order valence-electron chi connectivity index (χ0n) is 18.2. The molecule has 0 fully saturated rings. The minimum absolute atomic E-state index is 0.217. The molecule has 11 heteroatoms. The van der Waals surface area contributed by atoms with Crippen LogP contribution in [0.25, 0.3) is 0 Å². The van der Waals surface area contributed by atoms with Gasteiger partial charge in [0.2, 0.25) is 5.88 Å². The molecule has 0 bridgehead atoms. The van der Waals surface area contributed by atoms with Crippen molar-refractivity contribution >= 4 is 38.9 Å². The molecule has 1 N–H and O–H groups in total. The van der Waals surface area contributed by atoms with Gasteiger partial charge in [-0.3, -0.25) is 8.51 Å². The number of benzene rings is 2. The van der Waals surface area contributed by atoms with Crippen LogP contribution in [0.5, 0.6) is 17.4 Å². The first-order valence-corrected chi connectivity index (χ1v) is 12.4. The molecular weight excluding hydrogens is 538 g/mol. The molecule has 2 unspecified atom stereocenters. The first-order chi connectivity index (χ1) is 16.9. The van der Waals surface area contributed by atoms with Crippen LogP contribution in [-0.2, 0) is 22.5 Å². The number of aromatic nitrogens is 1. The molecule has 1 heterocycles. The summed E-state index contributed by atoms with van der Waals surface area (Å²) in [5.41, 5.74) is 2.32. The number of hydrogen-bond acceptors (Lipinski definition) is 7. The van der Waals surface area contributed by atoms with E-state index >= 15 is 0 Å². The highest BCUT2D eigenvalue weighted by Crippen LogP contribution is 2.42. The van der Waals surface area contributed by atoms with Crippen LogP contribution in [0.2, 0.25) is 0 Å². The molecule has 3 aromatic rings. The van der Waals surface area contributed by atoms with Crippen LogP contribution in [0, 0.1) is 11.3 Å². The second kappa shape index (κ2) is 10.9. The fourth-order valence-electron chi connectivity index (χ4n) is 4.03. The van der Waals surface area contributed by atoms with Crippen LogP contribution in [0.4, 0.5) is 5.69 Å². The van der Waals surface area contributed by atoms with Crippen molar-refractivity contribution in [1.82, 2.24) is 4.98 Å². The predicted molar refractivity (Wildman–Crippen MR) is 130 cm³/mol. The summed E-state index contributed by atoms with van der Waals surface area (Å²) in [5.74, 6) is -0.0121. The summed E-state index contributed by atoms with van der Waals surface area (Å²) < 4.78 is 37.6. The maximum absolute atomic E-state index is 12.4. The van der Waals surface area contributed by atoms with Gasteiger partial charge in [-0.2, -0.15) is 5.26 Å². The van der Waals surface area contributed by atoms with Crippen molar-refractivity contribution in [3.63, 3.8) is 0 Å². The Labute approximate surface area is 212 Å². The molecule has 0 aliphatic heterocycles. The van der Waals surface area contributed by atoms with Gasteiger partial charge in [0.1, 0.15) is 11.5 Å². The first-order valence-electron chi connectivity index (χ1n) is 10.6. The van der Waals surface area contributed by atoms with Gasteiger partial charge in [-0.05, 0) is 76.7 Å². The number of anilines is 1. The van der Waals surface area contributed by atoms with E-state index in [0.717, 1.165) is 11.1 Å². The average molecular weight is 557 g/mol. The Morgan fingerprint density at radius 2 is 2.11 bits per heavy atom. The largest absolute Gasteiger partial charge is 0.755 e. The number of halogens is 1. The van der Waals surface area contributed by atoms with Crippen molar-refractivity contribution < 1.29 is 28.1 Å². The number of carboxylic acid groups (broad SMARTS) is 1. The Hall–Kier alpha value is -3.46. The quantitative estimate of drug-likeness (QED) is 0.396. The summed E-state index contributed by atoms with van der Waals surface area (Å²) in [6, 6.07) is 15.0. The van der Waals surface area contributed by atoms with Crippen LogP contribution in [0.1, 0.15) is 35.6 Å². The van der Waals surface area contributed by atoms with Gasteiger partial charge < -0.3 is 19.1 Å². The zero-order chi connectivity index (χ0) is 24.9. The molecule has 180 valence electrons. The van der Waals surface area contributed by atoms with E-state index in [9.17, 15) is 13.6 Å². The van der Waals surface area contributed by atoms with Crippen LogP contribution in [0.15, 0.2) is 59.2 Å². The van der Waals surface area contributed by atoms with Crippen LogP contribution >= 0.6 is 15.9 Å². The minimum Gasteiger partial charge on any atom is -0.755 e. The van der Waals surface area contributed by atoms with Crippen LogP contribution < -0.4 is 13.8 Å². The highest BCUT2D eigenvalue weighted by Gasteiger charge is 2.30. The fourth-order valence-corrected chi connectivity index (χ4v) is 5.15. The number of ether oxygens (including phenoxy) is 2. The molecule has 2 atom stereocenters. The van der Waals surface area contributed by atoms with E-state index in [2.05, 4.69) is 20.9 Å². The standard InChI is InChI=1S/C24H20BrN3O6S/c25-20-11-16(13-27-24(20)34-17-5-1-4-15(10-17)12-26)28(35(31)32)21-8-2-7-19-18(21)6-3-9-22(19)33-14-23(29)30/h1,3-6,9-11,13,21H,2,7-8,14H2,(H,29,30)(H,31,32)/p-1. The van der Waals surface area contributed by atoms with Gasteiger partial charge in [-0.1, -0.05) is 18.2 Å². The number of aliphatic carboxylic acids is 1. The van der Waals surface area contributed by atoms with Crippen molar-refractivity contribution in [1.29, 1.82) is 5.26 Å². The summed E-state index contributed by atoms with van der Waals surface area (Å²) in [7, 11) is 0. The van der Waals surface area contributed by atoms with E-state index in [0.29, 0.717) is 46.5 Å². The zero-order valence-corrected chi connectivity index (χ0v) is 20.6. The molecule has 2 aromatic carbocycles. The Morgan fingerprint density at radius 1 is 1.31 bits per heavy atom. The van der Waals surface area contributed by atoms with Crippen molar-refractivity contribution in [2.24, 2.45) is 0 Å². The van der Waals surface area contributed by atoms with Crippen LogP contribution in [-0.4, -0.2) is 31.4 Å². The molecule has 1 aliphatic rings. The molecular formula is C24H19BrN3O6S-. The second-order valence-electron chi connectivity index (χ2n) is 7.68. The maximum Gasteiger partial charge on any atom is 0.341 e. The lowest BCUT2D eigenvalue weighted by Crippen LogP contribution is -2.33. The summed E-state index contributed by atoms with van der Waals surface area (Å²) in [6.07, 6.45) is 3.32. The number of rotatable bonds is 8. The lowest BCUT2D eigenvalue weighted by atomic mass is 9.87. The molecule has 0 saturated heterocycles. The lowest BCUT2D eigenvalue weighted by molar-refractivity contribution is -0.139. The van der Waals surface area contributed by atoms with Gasteiger partial charge in [-0.15, -0.1) is 0 Å². The smallest absolute Gasteiger partial charge is 0.341 e. The number of carbonyl (C=O) groups is 1. The summed E-state index contributed by atoms with van der Waals surface area (Å²) in [5, 5.41) is 18.0. The molecule has 0 saturated carbocycles. The number of nitriles is 1. The molecule has 0 spiro atoms. The van der Waals surface area contributed by atoms with E-state index in [1.54, 1.807) is 42.5 Å². The van der Waals surface area contributed by atoms with E-state index in [-0.39, 0.29) is 5.88 Å². The molecule has 4 rings (SSSR count). The number of fused-ring (bicyclic) bond motifs is 1. The molecule has 35 heavy (non-hydrogen) atoms. The minimum atomic E-state index is -2.62. The Balaban J connectivity index is 1.64. The normalized spacial score (nSPS) is 15.4. The highest BCUT2D eigenvalue weighted by atomic mass is 79.9. The van der Waals surface area contributed by atoms with E-state index < -0.39 is 29.9 Å². The SMILES string of the molecule is N#Cc1cccc(Oc2ncc(N(C3CCCc4c(OCC(=O)O)cccc43)S(=O)[O-])cc2Br)c1. The first kappa shape index (κ1) is 24.7. The van der Waals surface area contributed by atoms with E-state index in [4.69, 9.17) is 19.8 Å². The molecule has 1 aromatic heterocycles. The number of pyridine rings is 1. The van der Waals surface area contributed by atoms with Crippen molar-refractivity contribution in [3.05, 3.63) is 75.9 Å². The number of hydrogen-bond donors (Lipinski definition) is 1. The fraction of sp³-hybridized carbons (Fsp3) is 0.208. The lowest BCUT2D eigenvalue weighted by Gasteiger charge is -2.38. The highest BCUT2D eigenvalue weighted by molar-refractivity contribution is 9.10. The topological polar surface area (TPSA) is 136 Å². The van der Waals surface area contributed by atoms with Crippen molar-refractivity contribution in [2.45, 2.75) is 25.3 Å². The van der Waals surface area contributed by atoms with Gasteiger partial charge in [-0.25, -0.2) is 9.78 Å². The number of nitrogens with zero attached hydrogens (tertiary/aromatic N) is 3. The maximum atomic E-state index is 12.4.